The van der Waals surface area contributed by atoms with Gasteiger partial charge in [-0.1, -0.05) is 6.07 Å². The lowest BCUT2D eigenvalue weighted by Gasteiger charge is -2.45. The monoisotopic (exact) mass is 311 g/mol. The summed E-state index contributed by atoms with van der Waals surface area (Å²) in [4.78, 5) is 0.182. The van der Waals surface area contributed by atoms with Crippen LogP contribution in [0.1, 0.15) is 12.8 Å². The summed E-state index contributed by atoms with van der Waals surface area (Å²) in [7, 11) is -3.60. The number of hydrogen-bond donors (Lipinski definition) is 1. The lowest BCUT2D eigenvalue weighted by Crippen LogP contribution is -2.64. The van der Waals surface area contributed by atoms with Crippen molar-refractivity contribution in [2.24, 2.45) is 5.92 Å². The number of aliphatic hydroxyl groups is 1. The van der Waals surface area contributed by atoms with Gasteiger partial charge in [0.15, 0.2) is 0 Å². The summed E-state index contributed by atoms with van der Waals surface area (Å²) in [5, 5.41) is 10.3. The Morgan fingerprint density at radius 2 is 2.05 bits per heavy atom. The van der Waals surface area contributed by atoms with Crippen LogP contribution >= 0.6 is 11.7 Å². The first-order chi connectivity index (χ1) is 9.51. The van der Waals surface area contributed by atoms with Gasteiger partial charge in [-0.2, -0.15) is 13.1 Å². The van der Waals surface area contributed by atoms with Gasteiger partial charge in [-0.05, 0) is 30.9 Å². The van der Waals surface area contributed by atoms with Crippen LogP contribution in [0.4, 0.5) is 0 Å². The number of β-amino-alcohol motifs (C(OH)–C–C–N with tert-alkyl or cyclic N) is 1. The molecule has 0 amide bonds. The van der Waals surface area contributed by atoms with E-state index in [0.717, 1.165) is 24.6 Å². The van der Waals surface area contributed by atoms with Crippen molar-refractivity contribution in [1.29, 1.82) is 0 Å². The Hall–Kier alpha value is -1.09. The molecule has 8 heteroatoms. The third-order valence-electron chi connectivity index (χ3n) is 4.10. The molecule has 1 aliphatic carbocycles. The number of aromatic nitrogens is 2. The highest BCUT2D eigenvalue weighted by molar-refractivity contribution is 7.89. The summed E-state index contributed by atoms with van der Waals surface area (Å²) >= 11 is 1.00. The first-order valence-electron chi connectivity index (χ1n) is 6.44. The summed E-state index contributed by atoms with van der Waals surface area (Å²) < 4.78 is 34.7. The SMILES string of the molecule is O=S(=O)(c1cccc2nsnc12)N1CC(O)(C2CC2)C1. The number of rotatable bonds is 3. The summed E-state index contributed by atoms with van der Waals surface area (Å²) in [6.07, 6.45) is 1.99. The number of nitrogens with zero attached hydrogens (tertiary/aromatic N) is 3. The van der Waals surface area contributed by atoms with Gasteiger partial charge in [-0.15, -0.1) is 0 Å². The van der Waals surface area contributed by atoms with Gasteiger partial charge in [0, 0.05) is 13.1 Å². The van der Waals surface area contributed by atoms with E-state index < -0.39 is 15.6 Å². The van der Waals surface area contributed by atoms with Gasteiger partial charge < -0.3 is 5.11 Å². The minimum absolute atomic E-state index is 0.182. The summed E-state index contributed by atoms with van der Waals surface area (Å²) in [6.45, 7) is 0.377. The van der Waals surface area contributed by atoms with Gasteiger partial charge in [0.1, 0.15) is 15.9 Å². The van der Waals surface area contributed by atoms with E-state index in [2.05, 4.69) is 8.75 Å². The van der Waals surface area contributed by atoms with Crippen LogP contribution in [-0.4, -0.2) is 45.3 Å². The standard InChI is InChI=1S/C12H13N3O3S2/c16-12(8-4-5-8)6-15(7-12)20(17,18)10-3-1-2-9-11(10)14-19-13-9/h1-3,8,16H,4-7H2. The molecule has 20 heavy (non-hydrogen) atoms. The normalized spacial score (nSPS) is 22.9. The first kappa shape index (κ1) is 12.6. The molecule has 0 bridgehead atoms. The zero-order valence-corrected chi connectivity index (χ0v) is 12.2. The van der Waals surface area contributed by atoms with Crippen LogP contribution in [0.25, 0.3) is 11.0 Å². The zero-order valence-electron chi connectivity index (χ0n) is 10.6. The molecule has 0 radical (unpaired) electrons. The van der Waals surface area contributed by atoms with Gasteiger partial charge in [0.25, 0.3) is 0 Å². The molecular formula is C12H13N3O3S2. The van der Waals surface area contributed by atoms with Gasteiger partial charge in [0.2, 0.25) is 10.0 Å². The minimum atomic E-state index is -3.60. The Balaban J connectivity index is 1.69. The van der Waals surface area contributed by atoms with Crippen molar-refractivity contribution in [3.05, 3.63) is 18.2 Å². The first-order valence-corrected chi connectivity index (χ1v) is 8.62. The molecule has 1 aliphatic heterocycles. The fraction of sp³-hybridized carbons (Fsp3) is 0.500. The molecule has 1 aromatic carbocycles. The minimum Gasteiger partial charge on any atom is -0.387 e. The van der Waals surface area contributed by atoms with E-state index in [-0.39, 0.29) is 23.9 Å². The molecular weight excluding hydrogens is 298 g/mol. The molecule has 0 atom stereocenters. The fourth-order valence-electron chi connectivity index (χ4n) is 2.74. The molecule has 1 N–H and O–H groups in total. The summed E-state index contributed by atoms with van der Waals surface area (Å²) in [5.41, 5.74) is 0.190. The van der Waals surface area contributed by atoms with Gasteiger partial charge in [-0.3, -0.25) is 0 Å². The maximum absolute atomic E-state index is 12.6. The molecule has 2 aromatic rings. The van der Waals surface area contributed by atoms with Crippen molar-refractivity contribution >= 4 is 32.8 Å². The Kier molecular flexibility index (Phi) is 2.51. The predicted molar refractivity (Wildman–Crippen MR) is 73.8 cm³/mol. The number of fused-ring (bicyclic) bond motifs is 1. The van der Waals surface area contributed by atoms with Crippen LogP contribution in [0, 0.1) is 5.92 Å². The van der Waals surface area contributed by atoms with Gasteiger partial charge in [0.05, 0.1) is 17.3 Å². The van der Waals surface area contributed by atoms with E-state index in [1.54, 1.807) is 18.2 Å². The number of hydrogen-bond acceptors (Lipinski definition) is 6. The molecule has 1 saturated heterocycles. The van der Waals surface area contributed by atoms with Crippen LogP contribution in [0.3, 0.4) is 0 Å². The average molecular weight is 311 g/mol. The van der Waals surface area contributed by atoms with E-state index in [4.69, 9.17) is 0 Å². The topological polar surface area (TPSA) is 83.4 Å². The number of sulfonamides is 1. The van der Waals surface area contributed by atoms with E-state index >= 15 is 0 Å². The Morgan fingerprint density at radius 3 is 2.75 bits per heavy atom. The molecule has 2 heterocycles. The van der Waals surface area contributed by atoms with Crippen molar-refractivity contribution in [3.8, 4) is 0 Å². The fourth-order valence-corrected chi connectivity index (χ4v) is 5.06. The number of benzene rings is 1. The van der Waals surface area contributed by atoms with Crippen molar-refractivity contribution in [3.63, 3.8) is 0 Å². The largest absolute Gasteiger partial charge is 0.387 e. The molecule has 2 aliphatic rings. The van der Waals surface area contributed by atoms with Gasteiger partial charge in [-0.25, -0.2) is 8.42 Å². The molecule has 106 valence electrons. The van der Waals surface area contributed by atoms with Gasteiger partial charge >= 0.3 is 0 Å². The smallest absolute Gasteiger partial charge is 0.245 e. The molecule has 6 nitrogen and oxygen atoms in total. The van der Waals surface area contributed by atoms with E-state index in [9.17, 15) is 13.5 Å². The lowest BCUT2D eigenvalue weighted by atomic mass is 9.91. The Morgan fingerprint density at radius 1 is 1.30 bits per heavy atom. The Bertz CT molecular complexity index is 776. The maximum Gasteiger partial charge on any atom is 0.245 e. The van der Waals surface area contributed by atoms with Crippen LogP contribution < -0.4 is 0 Å². The molecule has 0 unspecified atom stereocenters. The third kappa shape index (κ3) is 1.72. The molecule has 1 aromatic heterocycles. The second-order valence-corrected chi connectivity index (χ2v) is 7.97. The highest BCUT2D eigenvalue weighted by Gasteiger charge is 2.55. The van der Waals surface area contributed by atoms with Crippen LogP contribution in [0.2, 0.25) is 0 Å². The quantitative estimate of drug-likeness (QED) is 0.908. The Labute approximate surface area is 120 Å². The molecule has 0 spiro atoms. The summed E-state index contributed by atoms with van der Waals surface area (Å²) in [5.74, 6) is 0.269. The summed E-state index contributed by atoms with van der Waals surface area (Å²) in [6, 6.07) is 4.96. The van der Waals surface area contributed by atoms with Crippen molar-refractivity contribution in [2.75, 3.05) is 13.1 Å². The van der Waals surface area contributed by atoms with E-state index in [1.807, 2.05) is 0 Å². The third-order valence-corrected chi connectivity index (χ3v) is 6.47. The van der Waals surface area contributed by atoms with E-state index in [1.165, 1.54) is 4.31 Å². The maximum atomic E-state index is 12.6. The lowest BCUT2D eigenvalue weighted by molar-refractivity contribution is -0.0764. The van der Waals surface area contributed by atoms with Crippen LogP contribution in [0.15, 0.2) is 23.1 Å². The average Bonchev–Trinajstić information content (AvgIpc) is 3.12. The highest BCUT2D eigenvalue weighted by Crippen LogP contribution is 2.46. The van der Waals surface area contributed by atoms with Crippen LogP contribution in [0.5, 0.6) is 0 Å². The van der Waals surface area contributed by atoms with Crippen molar-refractivity contribution in [2.45, 2.75) is 23.3 Å². The second kappa shape index (κ2) is 3.97. The predicted octanol–water partition coefficient (Wildman–Crippen LogP) is 0.837. The molecule has 4 rings (SSSR count). The molecule has 2 fully saturated rings. The highest BCUT2D eigenvalue weighted by atomic mass is 32.2. The second-order valence-electron chi connectivity index (χ2n) is 5.54. The van der Waals surface area contributed by atoms with E-state index in [0.29, 0.717) is 11.0 Å². The zero-order chi connectivity index (χ0) is 14.0. The molecule has 1 saturated carbocycles. The van der Waals surface area contributed by atoms with Crippen LogP contribution in [-0.2, 0) is 10.0 Å². The van der Waals surface area contributed by atoms with Crippen molar-refractivity contribution in [1.82, 2.24) is 13.1 Å². The van der Waals surface area contributed by atoms with Crippen molar-refractivity contribution < 1.29 is 13.5 Å².